The van der Waals surface area contributed by atoms with Gasteiger partial charge in [0.2, 0.25) is 0 Å². The second-order valence-corrected chi connectivity index (χ2v) is 2.69. The van der Waals surface area contributed by atoms with Crippen molar-refractivity contribution in [3.63, 3.8) is 0 Å². The van der Waals surface area contributed by atoms with Gasteiger partial charge >= 0.3 is 0 Å². The molecule has 0 fully saturated rings. The van der Waals surface area contributed by atoms with Gasteiger partial charge in [-0.15, -0.1) is 0 Å². The van der Waals surface area contributed by atoms with Gasteiger partial charge in [0.15, 0.2) is 0 Å². The van der Waals surface area contributed by atoms with Crippen LogP contribution in [-0.4, -0.2) is 0 Å². The Labute approximate surface area is 73.4 Å². The molecule has 4 heteroatoms. The molecule has 0 unspecified atom stereocenters. The zero-order valence-electron chi connectivity index (χ0n) is 6.81. The first-order valence-corrected chi connectivity index (χ1v) is 3.53. The first-order valence-electron chi connectivity index (χ1n) is 3.53. The third-order valence-electron chi connectivity index (χ3n) is 1.57. The van der Waals surface area contributed by atoms with Gasteiger partial charge in [0, 0.05) is 6.92 Å². The van der Waals surface area contributed by atoms with Gasteiger partial charge in [-0.3, -0.25) is 0 Å². The molecule has 1 rings (SSSR count). The van der Waals surface area contributed by atoms with Crippen molar-refractivity contribution in [1.82, 2.24) is 0 Å². The maximum absolute atomic E-state index is 12.8. The van der Waals surface area contributed by atoms with E-state index >= 15 is 0 Å². The molecule has 0 aliphatic carbocycles. The number of halogens is 3. The normalized spacial score (nSPS) is 11.0. The van der Waals surface area contributed by atoms with Crippen molar-refractivity contribution < 1.29 is 13.2 Å². The van der Waals surface area contributed by atoms with Crippen molar-refractivity contribution in [1.29, 1.82) is 5.26 Å². The molecule has 0 bridgehead atoms. The molecule has 0 radical (unpaired) electrons. The number of nitriles is 1. The topological polar surface area (TPSA) is 23.8 Å². The van der Waals surface area contributed by atoms with Crippen LogP contribution in [-0.2, 0) is 5.92 Å². The lowest BCUT2D eigenvalue weighted by Gasteiger charge is -2.11. The van der Waals surface area contributed by atoms with E-state index < -0.39 is 17.3 Å². The molecule has 0 N–H and O–H groups in total. The Morgan fingerprint density at radius 1 is 1.38 bits per heavy atom. The van der Waals surface area contributed by atoms with E-state index in [1.807, 2.05) is 0 Å². The molecule has 0 amide bonds. The van der Waals surface area contributed by atoms with Gasteiger partial charge in [-0.2, -0.15) is 5.26 Å². The van der Waals surface area contributed by atoms with Crippen LogP contribution in [0, 0.1) is 17.1 Å². The van der Waals surface area contributed by atoms with Gasteiger partial charge in [0.25, 0.3) is 5.92 Å². The first kappa shape index (κ1) is 9.59. The molecular formula is C9H6F3N. The average Bonchev–Trinajstić information content (AvgIpc) is 2.03. The Bertz CT molecular complexity index is 360. The van der Waals surface area contributed by atoms with E-state index in [0.29, 0.717) is 6.92 Å². The Balaban J connectivity index is 3.29. The van der Waals surface area contributed by atoms with E-state index in [9.17, 15) is 13.2 Å². The lowest BCUT2D eigenvalue weighted by atomic mass is 10.1. The zero-order chi connectivity index (χ0) is 10.1. The highest BCUT2D eigenvalue weighted by Gasteiger charge is 2.28. The second-order valence-electron chi connectivity index (χ2n) is 2.69. The molecule has 68 valence electrons. The maximum atomic E-state index is 12.8. The van der Waals surface area contributed by atoms with Crippen LogP contribution in [0.2, 0.25) is 0 Å². The van der Waals surface area contributed by atoms with Gasteiger partial charge in [0.1, 0.15) is 5.82 Å². The first-order chi connectivity index (χ1) is 5.95. The summed E-state index contributed by atoms with van der Waals surface area (Å²) < 4.78 is 38.2. The van der Waals surface area contributed by atoms with E-state index in [2.05, 4.69) is 0 Å². The van der Waals surface area contributed by atoms with E-state index in [-0.39, 0.29) is 5.56 Å². The SMILES string of the molecule is CC(F)(F)c1cc(C#N)ccc1F. The predicted octanol–water partition coefficient (Wildman–Crippen LogP) is 2.81. The van der Waals surface area contributed by atoms with Gasteiger partial charge in [-0.1, -0.05) is 0 Å². The van der Waals surface area contributed by atoms with Crippen LogP contribution in [0.25, 0.3) is 0 Å². The second kappa shape index (κ2) is 3.09. The number of rotatable bonds is 1. The molecule has 0 heterocycles. The van der Waals surface area contributed by atoms with Gasteiger partial charge in [0.05, 0.1) is 17.2 Å². The molecule has 0 aromatic heterocycles. The van der Waals surface area contributed by atoms with E-state index in [1.54, 1.807) is 6.07 Å². The van der Waals surface area contributed by atoms with Crippen LogP contribution in [0.5, 0.6) is 0 Å². The largest absolute Gasteiger partial charge is 0.273 e. The number of benzene rings is 1. The average molecular weight is 185 g/mol. The fourth-order valence-corrected chi connectivity index (χ4v) is 0.931. The summed E-state index contributed by atoms with van der Waals surface area (Å²) in [7, 11) is 0. The summed E-state index contributed by atoms with van der Waals surface area (Å²) in [6.45, 7) is 0.590. The van der Waals surface area contributed by atoms with Crippen LogP contribution in [0.15, 0.2) is 18.2 Å². The number of nitrogens with zero attached hydrogens (tertiary/aromatic N) is 1. The van der Waals surface area contributed by atoms with Gasteiger partial charge in [-0.25, -0.2) is 13.2 Å². The molecule has 0 atom stereocenters. The predicted molar refractivity (Wildman–Crippen MR) is 40.7 cm³/mol. The Morgan fingerprint density at radius 2 is 2.00 bits per heavy atom. The van der Waals surface area contributed by atoms with Gasteiger partial charge in [-0.05, 0) is 18.2 Å². The minimum Gasteiger partial charge on any atom is -0.206 e. The Hall–Kier alpha value is -1.50. The highest BCUT2D eigenvalue weighted by Crippen LogP contribution is 2.29. The molecule has 1 aromatic carbocycles. The smallest absolute Gasteiger partial charge is 0.206 e. The summed E-state index contributed by atoms with van der Waals surface area (Å²) in [4.78, 5) is 0. The summed E-state index contributed by atoms with van der Waals surface area (Å²) in [5.41, 5.74) is -0.718. The fourth-order valence-electron chi connectivity index (χ4n) is 0.931. The Morgan fingerprint density at radius 3 is 2.46 bits per heavy atom. The van der Waals surface area contributed by atoms with Crippen molar-refractivity contribution in [3.8, 4) is 6.07 Å². The van der Waals surface area contributed by atoms with Crippen molar-refractivity contribution in [2.24, 2.45) is 0 Å². The fraction of sp³-hybridized carbons (Fsp3) is 0.222. The summed E-state index contributed by atoms with van der Waals surface area (Å²) in [6.07, 6.45) is 0. The van der Waals surface area contributed by atoms with Crippen molar-refractivity contribution in [2.45, 2.75) is 12.8 Å². The van der Waals surface area contributed by atoms with Crippen LogP contribution in [0.3, 0.4) is 0 Å². The lowest BCUT2D eigenvalue weighted by Crippen LogP contribution is -2.09. The van der Waals surface area contributed by atoms with Crippen LogP contribution in [0.4, 0.5) is 13.2 Å². The number of hydrogen-bond acceptors (Lipinski definition) is 1. The molecule has 1 nitrogen and oxygen atoms in total. The zero-order valence-corrected chi connectivity index (χ0v) is 6.81. The van der Waals surface area contributed by atoms with Crippen LogP contribution < -0.4 is 0 Å². The Kier molecular flexibility index (Phi) is 2.28. The monoisotopic (exact) mass is 185 g/mol. The third kappa shape index (κ3) is 2.00. The third-order valence-corrected chi connectivity index (χ3v) is 1.57. The minimum atomic E-state index is -3.25. The van der Waals surface area contributed by atoms with E-state index in [1.165, 1.54) is 0 Å². The van der Waals surface area contributed by atoms with E-state index in [0.717, 1.165) is 18.2 Å². The molecular weight excluding hydrogens is 179 g/mol. The lowest BCUT2D eigenvalue weighted by molar-refractivity contribution is 0.0137. The highest BCUT2D eigenvalue weighted by molar-refractivity contribution is 5.35. The van der Waals surface area contributed by atoms with Crippen molar-refractivity contribution in [2.75, 3.05) is 0 Å². The van der Waals surface area contributed by atoms with Crippen LogP contribution >= 0.6 is 0 Å². The number of alkyl halides is 2. The maximum Gasteiger partial charge on any atom is 0.273 e. The minimum absolute atomic E-state index is 0.0259. The summed E-state index contributed by atoms with van der Waals surface area (Å²) in [5, 5.41) is 8.40. The van der Waals surface area contributed by atoms with Crippen molar-refractivity contribution in [3.05, 3.63) is 35.1 Å². The summed E-state index contributed by atoms with van der Waals surface area (Å²) >= 11 is 0. The van der Waals surface area contributed by atoms with Crippen molar-refractivity contribution >= 4 is 0 Å². The molecule has 0 aliphatic rings. The molecule has 0 spiro atoms. The molecule has 13 heavy (non-hydrogen) atoms. The quantitative estimate of drug-likeness (QED) is 0.659. The van der Waals surface area contributed by atoms with Crippen LogP contribution in [0.1, 0.15) is 18.1 Å². The molecule has 0 aliphatic heterocycles. The molecule has 1 aromatic rings. The highest BCUT2D eigenvalue weighted by atomic mass is 19.3. The number of hydrogen-bond donors (Lipinski definition) is 0. The summed E-state index contributed by atoms with van der Waals surface area (Å²) in [5.74, 6) is -4.25. The van der Waals surface area contributed by atoms with Gasteiger partial charge < -0.3 is 0 Å². The molecule has 0 saturated carbocycles. The van der Waals surface area contributed by atoms with E-state index in [4.69, 9.17) is 5.26 Å². The summed E-state index contributed by atoms with van der Waals surface area (Å²) in [6, 6.07) is 4.55. The molecule has 0 saturated heterocycles. The standard InChI is InChI=1S/C9H6F3N/c1-9(11,12)7-4-6(5-13)2-3-8(7)10/h2-4H,1H3.